The smallest absolute Gasteiger partial charge is 0.257 e. The molecule has 1 fully saturated rings. The number of aromatic nitrogens is 5. The molecular formula is C25H26N8O2S. The monoisotopic (exact) mass is 502 g/mol. The Morgan fingerprint density at radius 3 is 2.56 bits per heavy atom. The summed E-state index contributed by atoms with van der Waals surface area (Å²) in [5, 5.41) is 12.0. The predicted molar refractivity (Wildman–Crippen MR) is 140 cm³/mol. The van der Waals surface area contributed by atoms with Crippen LogP contribution >= 0.6 is 11.3 Å². The number of benzene rings is 1. The number of aryl methyl sites for hydroxylation is 1. The summed E-state index contributed by atoms with van der Waals surface area (Å²) in [7, 11) is 0. The molecule has 10 nitrogen and oxygen atoms in total. The first-order chi connectivity index (χ1) is 17.4. The summed E-state index contributed by atoms with van der Waals surface area (Å²) in [5.41, 5.74) is 8.94. The van der Waals surface area contributed by atoms with E-state index >= 15 is 0 Å². The highest BCUT2D eigenvalue weighted by atomic mass is 32.1. The van der Waals surface area contributed by atoms with Crippen molar-refractivity contribution in [2.75, 3.05) is 11.1 Å². The number of nitrogens with zero attached hydrogens (tertiary/aromatic N) is 5. The number of nitrogens with two attached hydrogens (primary N) is 1. The Morgan fingerprint density at radius 2 is 1.89 bits per heavy atom. The third kappa shape index (κ3) is 4.69. The van der Waals surface area contributed by atoms with Gasteiger partial charge in [0, 0.05) is 28.2 Å². The lowest BCUT2D eigenvalue weighted by atomic mass is 9.91. The van der Waals surface area contributed by atoms with Crippen molar-refractivity contribution in [2.24, 2.45) is 0 Å². The van der Waals surface area contributed by atoms with Gasteiger partial charge in [0.25, 0.3) is 5.91 Å². The van der Waals surface area contributed by atoms with Crippen LogP contribution in [-0.2, 0) is 4.79 Å². The summed E-state index contributed by atoms with van der Waals surface area (Å²) < 4.78 is 1.93. The molecule has 3 aromatic heterocycles. The molecule has 1 aromatic carbocycles. The molecule has 1 saturated carbocycles. The van der Waals surface area contributed by atoms with E-state index < -0.39 is 0 Å². The normalized spacial score (nSPS) is 17.6. The van der Waals surface area contributed by atoms with Crippen LogP contribution in [0.2, 0.25) is 0 Å². The maximum Gasteiger partial charge on any atom is 0.257 e. The third-order valence-corrected chi connectivity index (χ3v) is 7.18. The molecule has 4 N–H and O–H groups in total. The fourth-order valence-corrected chi connectivity index (χ4v) is 5.20. The van der Waals surface area contributed by atoms with Crippen LogP contribution < -0.4 is 16.4 Å². The highest BCUT2D eigenvalue weighted by molar-refractivity contribution is 7.15. The van der Waals surface area contributed by atoms with Crippen molar-refractivity contribution in [3.05, 3.63) is 59.9 Å². The van der Waals surface area contributed by atoms with Gasteiger partial charge in [-0.05, 0) is 50.8 Å². The fourth-order valence-electron chi connectivity index (χ4n) is 4.54. The molecule has 0 saturated heterocycles. The zero-order valence-electron chi connectivity index (χ0n) is 19.8. The summed E-state index contributed by atoms with van der Waals surface area (Å²) >= 11 is 1.43. The van der Waals surface area contributed by atoms with Gasteiger partial charge in [0.05, 0.1) is 11.4 Å². The second-order valence-corrected chi connectivity index (χ2v) is 10.0. The molecule has 184 valence electrons. The quantitative estimate of drug-likeness (QED) is 0.340. The fraction of sp³-hybridized carbons (Fsp3) is 0.280. The molecule has 11 heteroatoms. The second kappa shape index (κ2) is 9.86. The first-order valence-corrected chi connectivity index (χ1v) is 12.5. The number of carbonyl (C=O) groups is 2. The number of amides is 2. The molecule has 0 radical (unpaired) electrons. The molecule has 0 bridgehead atoms. The van der Waals surface area contributed by atoms with Gasteiger partial charge < -0.3 is 11.1 Å². The van der Waals surface area contributed by atoms with Crippen molar-refractivity contribution in [3.8, 4) is 11.3 Å². The van der Waals surface area contributed by atoms with E-state index in [-0.39, 0.29) is 23.9 Å². The third-order valence-electron chi connectivity index (χ3n) is 6.35. The first kappa shape index (κ1) is 23.6. The Bertz CT molecular complexity index is 1430. The number of hydrogen-bond acceptors (Lipinski definition) is 8. The van der Waals surface area contributed by atoms with Crippen molar-refractivity contribution in [2.45, 2.75) is 44.7 Å². The molecule has 2 amide bonds. The largest absolute Gasteiger partial charge is 0.383 e. The van der Waals surface area contributed by atoms with Crippen molar-refractivity contribution in [3.63, 3.8) is 0 Å². The Balaban J connectivity index is 1.40. The minimum absolute atomic E-state index is 0.124. The van der Waals surface area contributed by atoms with E-state index in [1.165, 1.54) is 23.7 Å². The van der Waals surface area contributed by atoms with Crippen LogP contribution in [0.25, 0.3) is 22.3 Å². The number of thiazole rings is 1. The molecule has 0 atom stereocenters. The molecule has 3 heterocycles. The molecule has 0 spiro atoms. The van der Waals surface area contributed by atoms with Gasteiger partial charge in [0.15, 0.2) is 10.8 Å². The number of carbonyl (C=O) groups excluding carboxylic acids is 2. The number of nitrogen functional groups attached to an aromatic ring is 1. The molecule has 4 aromatic rings. The van der Waals surface area contributed by atoms with Crippen molar-refractivity contribution >= 4 is 45.1 Å². The van der Waals surface area contributed by atoms with Gasteiger partial charge in [-0.1, -0.05) is 18.7 Å². The average Bonchev–Trinajstić information content (AvgIpc) is 3.48. The minimum atomic E-state index is -0.227. The van der Waals surface area contributed by atoms with Crippen molar-refractivity contribution in [1.82, 2.24) is 30.0 Å². The Kier molecular flexibility index (Phi) is 6.47. The van der Waals surface area contributed by atoms with Crippen molar-refractivity contribution < 1.29 is 9.59 Å². The summed E-state index contributed by atoms with van der Waals surface area (Å²) in [4.78, 5) is 38.2. The Hall–Kier alpha value is -4.12. The number of nitrogens with one attached hydrogen (secondary N) is 2. The van der Waals surface area contributed by atoms with Crippen LogP contribution in [0.5, 0.6) is 0 Å². The summed E-state index contributed by atoms with van der Waals surface area (Å²) in [6.45, 7) is 5.46. The van der Waals surface area contributed by atoms with E-state index in [1.807, 2.05) is 23.7 Å². The van der Waals surface area contributed by atoms with Crippen LogP contribution in [0.15, 0.2) is 49.4 Å². The molecule has 1 aliphatic carbocycles. The Morgan fingerprint density at radius 1 is 1.14 bits per heavy atom. The van der Waals surface area contributed by atoms with E-state index in [0.29, 0.717) is 33.2 Å². The van der Waals surface area contributed by atoms with E-state index in [0.717, 1.165) is 36.1 Å². The van der Waals surface area contributed by atoms with Crippen LogP contribution in [0, 0.1) is 6.92 Å². The number of fused-ring (bicyclic) bond motifs is 1. The van der Waals surface area contributed by atoms with Crippen molar-refractivity contribution in [1.29, 1.82) is 0 Å². The molecule has 5 rings (SSSR count). The standard InChI is InChI=1S/C25H26N8O2S/c1-3-19(34)30-17-8-10-18(11-9-17)33-23-20(22(26)28-13-29-23)21(32-33)15-4-6-16(7-5-15)24(35)31-25-27-12-14(2)36-25/h3-7,12-13,17-18H,1,8-11H2,2H3,(H,30,34)(H2,26,28,29)(H,27,31,35). The van der Waals surface area contributed by atoms with E-state index in [4.69, 9.17) is 10.8 Å². The summed E-state index contributed by atoms with van der Waals surface area (Å²) in [6, 6.07) is 7.45. The Labute approximate surface area is 211 Å². The van der Waals surface area contributed by atoms with Gasteiger partial charge in [-0.15, -0.1) is 11.3 Å². The van der Waals surface area contributed by atoms with Gasteiger partial charge in [-0.25, -0.2) is 19.6 Å². The minimum Gasteiger partial charge on any atom is -0.383 e. The number of rotatable bonds is 6. The molecule has 0 unspecified atom stereocenters. The molecule has 1 aliphatic rings. The van der Waals surface area contributed by atoms with Gasteiger partial charge >= 0.3 is 0 Å². The van der Waals surface area contributed by atoms with Crippen LogP contribution in [-0.4, -0.2) is 42.6 Å². The SMILES string of the molecule is C=CC(=O)NC1CCC(n2nc(-c3ccc(C(=O)Nc4ncc(C)s4)cc3)c3c(N)ncnc32)CC1. The van der Waals surface area contributed by atoms with E-state index in [9.17, 15) is 9.59 Å². The summed E-state index contributed by atoms with van der Waals surface area (Å²) in [6.07, 6.45) is 7.83. The lowest BCUT2D eigenvalue weighted by molar-refractivity contribution is -0.117. The topological polar surface area (TPSA) is 141 Å². The zero-order chi connectivity index (χ0) is 25.2. The second-order valence-electron chi connectivity index (χ2n) is 8.78. The van der Waals surface area contributed by atoms with Crippen LogP contribution in [0.4, 0.5) is 10.9 Å². The highest BCUT2D eigenvalue weighted by Gasteiger charge is 2.27. The lowest BCUT2D eigenvalue weighted by Gasteiger charge is -2.29. The van der Waals surface area contributed by atoms with Gasteiger partial charge in [0.2, 0.25) is 5.91 Å². The van der Waals surface area contributed by atoms with Gasteiger partial charge in [-0.3, -0.25) is 14.9 Å². The van der Waals surface area contributed by atoms with Crippen LogP contribution in [0.1, 0.15) is 47.0 Å². The van der Waals surface area contributed by atoms with Gasteiger partial charge in [-0.2, -0.15) is 5.10 Å². The maximum absolute atomic E-state index is 12.6. The molecule has 36 heavy (non-hydrogen) atoms. The first-order valence-electron chi connectivity index (χ1n) is 11.7. The number of anilines is 2. The number of hydrogen-bond donors (Lipinski definition) is 3. The summed E-state index contributed by atoms with van der Waals surface area (Å²) in [5.74, 6) is -0.0201. The lowest BCUT2D eigenvalue weighted by Crippen LogP contribution is -2.37. The molecular weight excluding hydrogens is 476 g/mol. The highest BCUT2D eigenvalue weighted by Crippen LogP contribution is 2.36. The maximum atomic E-state index is 12.6. The average molecular weight is 503 g/mol. The zero-order valence-corrected chi connectivity index (χ0v) is 20.6. The van der Waals surface area contributed by atoms with E-state index in [2.05, 4.69) is 32.2 Å². The van der Waals surface area contributed by atoms with Crippen LogP contribution in [0.3, 0.4) is 0 Å². The van der Waals surface area contributed by atoms with E-state index in [1.54, 1.807) is 18.3 Å². The predicted octanol–water partition coefficient (Wildman–Crippen LogP) is 3.88. The molecule has 0 aliphatic heterocycles. The van der Waals surface area contributed by atoms with Gasteiger partial charge in [0.1, 0.15) is 17.8 Å².